The number of nitrogens with two attached hydrogens (primary N) is 1. The number of hydrogen-bond donors (Lipinski definition) is 5. The molecule has 0 radical (unpaired) electrons. The molecule has 1 aliphatic heterocycles. The molecule has 2 rings (SSSR count). The van der Waals surface area contributed by atoms with E-state index in [1.165, 1.54) is 0 Å². The Balaban J connectivity index is 1.62. The largest absolute Gasteiger partial charge is 0.365 e. The molecular formula is C18H25F2N7O4. The van der Waals surface area contributed by atoms with Gasteiger partial charge < -0.3 is 27.0 Å². The zero-order chi connectivity index (χ0) is 22.8. The molecule has 1 saturated heterocycles. The van der Waals surface area contributed by atoms with Gasteiger partial charge in [0.15, 0.2) is 5.03 Å². The summed E-state index contributed by atoms with van der Waals surface area (Å²) in [5.41, 5.74) is 5.31. The Morgan fingerprint density at radius 2 is 1.94 bits per heavy atom. The van der Waals surface area contributed by atoms with Crippen molar-refractivity contribution in [2.45, 2.75) is 44.2 Å². The van der Waals surface area contributed by atoms with E-state index in [-0.39, 0.29) is 23.6 Å². The molecule has 1 aliphatic rings. The second kappa shape index (κ2) is 11.7. The molecule has 0 bridgehead atoms. The molecule has 1 heterocycles. The molecule has 11 nitrogen and oxygen atoms in total. The molecule has 1 aromatic rings. The van der Waals surface area contributed by atoms with Crippen LogP contribution < -0.4 is 27.0 Å². The van der Waals surface area contributed by atoms with Crippen LogP contribution in [0.2, 0.25) is 0 Å². The number of nitrogens with zero attached hydrogens (tertiary/aromatic N) is 2. The van der Waals surface area contributed by atoms with Crippen molar-refractivity contribution in [2.24, 2.45) is 10.8 Å². The lowest BCUT2D eigenvalue weighted by Gasteiger charge is -2.13. The van der Waals surface area contributed by atoms with Crippen LogP contribution in [-0.2, 0) is 9.59 Å². The maximum atomic E-state index is 13.2. The third-order valence-electron chi connectivity index (χ3n) is 4.52. The SMILES string of the molecule is N/C(=N\[N+](=O)[O-])NCCCCCC(=O)NC1CNC(C(=O)Nc2cc(F)cc(F)c2)C1. The van der Waals surface area contributed by atoms with Crippen LogP contribution >= 0.6 is 0 Å². The molecule has 6 N–H and O–H groups in total. The maximum Gasteiger partial charge on any atom is 0.266 e. The van der Waals surface area contributed by atoms with Gasteiger partial charge in [-0.3, -0.25) is 9.59 Å². The minimum Gasteiger partial charge on any atom is -0.365 e. The molecule has 1 aromatic carbocycles. The molecule has 0 saturated carbocycles. The molecule has 2 amide bonds. The minimum absolute atomic E-state index is 0.0256. The summed E-state index contributed by atoms with van der Waals surface area (Å²) in [5.74, 6) is -2.43. The van der Waals surface area contributed by atoms with Crippen molar-refractivity contribution in [2.75, 3.05) is 18.4 Å². The average Bonchev–Trinajstić information content (AvgIpc) is 3.11. The van der Waals surface area contributed by atoms with Crippen LogP contribution in [0.25, 0.3) is 0 Å². The highest BCUT2D eigenvalue weighted by atomic mass is 19.1. The first-order chi connectivity index (χ1) is 14.7. The van der Waals surface area contributed by atoms with Crippen LogP contribution in [-0.4, -0.2) is 48.0 Å². The lowest BCUT2D eigenvalue weighted by atomic mass is 10.1. The Labute approximate surface area is 177 Å². The molecule has 170 valence electrons. The van der Waals surface area contributed by atoms with Gasteiger partial charge in [-0.05, 0) is 31.4 Å². The zero-order valence-electron chi connectivity index (χ0n) is 16.7. The number of hydrazone groups is 1. The number of guanidine groups is 1. The smallest absolute Gasteiger partial charge is 0.266 e. The van der Waals surface area contributed by atoms with E-state index in [2.05, 4.69) is 26.4 Å². The maximum absolute atomic E-state index is 13.2. The van der Waals surface area contributed by atoms with Crippen LogP contribution in [0.4, 0.5) is 14.5 Å². The lowest BCUT2D eigenvalue weighted by molar-refractivity contribution is -0.485. The van der Waals surface area contributed by atoms with Crippen molar-refractivity contribution < 1.29 is 23.4 Å². The van der Waals surface area contributed by atoms with Gasteiger partial charge in [0.05, 0.1) is 6.04 Å². The highest BCUT2D eigenvalue weighted by molar-refractivity contribution is 5.95. The standard InChI is InChI=1S/C18H25F2N7O4/c19-11-6-12(20)8-13(7-11)25-17(29)15-9-14(10-23-15)24-16(28)4-2-1-3-5-22-18(21)26-27(30)31/h6-8,14-15,23H,1-5,9-10H2,(H,24,28)(H,25,29)(H3,21,22,26). The fourth-order valence-corrected chi connectivity index (χ4v) is 3.13. The van der Waals surface area contributed by atoms with Crippen LogP contribution in [0.5, 0.6) is 0 Å². The molecule has 1 fully saturated rings. The fraction of sp³-hybridized carbons (Fsp3) is 0.500. The molecule has 2 atom stereocenters. The number of carbonyl (C=O) groups excluding carboxylic acids is 2. The summed E-state index contributed by atoms with van der Waals surface area (Å²) >= 11 is 0. The van der Waals surface area contributed by atoms with Gasteiger partial charge in [-0.1, -0.05) is 6.42 Å². The Hall–Kier alpha value is -3.35. The summed E-state index contributed by atoms with van der Waals surface area (Å²) in [6, 6.07) is 1.94. The van der Waals surface area contributed by atoms with Crippen molar-refractivity contribution in [3.63, 3.8) is 0 Å². The van der Waals surface area contributed by atoms with Crippen molar-refractivity contribution in [1.29, 1.82) is 0 Å². The fourth-order valence-electron chi connectivity index (χ4n) is 3.13. The van der Waals surface area contributed by atoms with E-state index < -0.39 is 28.6 Å². The predicted molar refractivity (Wildman–Crippen MR) is 108 cm³/mol. The summed E-state index contributed by atoms with van der Waals surface area (Å²) < 4.78 is 26.4. The van der Waals surface area contributed by atoms with E-state index in [1.54, 1.807) is 0 Å². The Bertz CT molecular complexity index is 817. The molecule has 0 spiro atoms. The van der Waals surface area contributed by atoms with E-state index in [0.717, 1.165) is 12.1 Å². The topological polar surface area (TPSA) is 164 Å². The number of rotatable bonds is 10. The number of nitrogens with one attached hydrogen (secondary N) is 4. The first kappa shape index (κ1) is 23.9. The van der Waals surface area contributed by atoms with Crippen LogP contribution in [0, 0.1) is 21.7 Å². The second-order valence-corrected chi connectivity index (χ2v) is 7.07. The van der Waals surface area contributed by atoms with Crippen molar-refractivity contribution in [3.05, 3.63) is 39.9 Å². The minimum atomic E-state index is -0.889. The van der Waals surface area contributed by atoms with Crippen LogP contribution in [0.1, 0.15) is 32.1 Å². The lowest BCUT2D eigenvalue weighted by Crippen LogP contribution is -2.36. The molecule has 0 aromatic heterocycles. The van der Waals surface area contributed by atoms with E-state index in [9.17, 15) is 28.5 Å². The number of amides is 2. The van der Waals surface area contributed by atoms with Gasteiger partial charge >= 0.3 is 0 Å². The van der Waals surface area contributed by atoms with Gasteiger partial charge in [-0.2, -0.15) is 0 Å². The number of benzene rings is 1. The van der Waals surface area contributed by atoms with E-state index in [1.807, 2.05) is 0 Å². The molecule has 13 heteroatoms. The summed E-state index contributed by atoms with van der Waals surface area (Å²) in [4.78, 5) is 34.4. The Morgan fingerprint density at radius 3 is 2.61 bits per heavy atom. The highest BCUT2D eigenvalue weighted by Gasteiger charge is 2.30. The number of anilines is 1. The van der Waals surface area contributed by atoms with E-state index >= 15 is 0 Å². The number of nitro groups is 1. The van der Waals surface area contributed by atoms with Gasteiger partial charge in [-0.25, -0.2) is 18.9 Å². The third-order valence-corrected chi connectivity index (χ3v) is 4.52. The second-order valence-electron chi connectivity index (χ2n) is 7.07. The van der Waals surface area contributed by atoms with E-state index in [0.29, 0.717) is 51.3 Å². The van der Waals surface area contributed by atoms with E-state index in [4.69, 9.17) is 5.73 Å². The first-order valence-corrected chi connectivity index (χ1v) is 9.75. The van der Waals surface area contributed by atoms with Gasteiger partial charge in [0.2, 0.25) is 11.8 Å². The highest BCUT2D eigenvalue weighted by Crippen LogP contribution is 2.15. The average molecular weight is 441 g/mol. The van der Waals surface area contributed by atoms with Crippen molar-refractivity contribution >= 4 is 23.5 Å². The monoisotopic (exact) mass is 441 g/mol. The van der Waals surface area contributed by atoms with Gasteiger partial charge in [-0.15, -0.1) is 0 Å². The number of halogens is 2. The van der Waals surface area contributed by atoms with Crippen LogP contribution in [0.15, 0.2) is 23.3 Å². The quantitative estimate of drug-likeness (QED) is 0.115. The van der Waals surface area contributed by atoms with Crippen molar-refractivity contribution in [3.8, 4) is 0 Å². The third kappa shape index (κ3) is 8.90. The number of carbonyl (C=O) groups is 2. The Kier molecular flexibility index (Phi) is 9.06. The van der Waals surface area contributed by atoms with Gasteiger partial charge in [0.25, 0.3) is 5.96 Å². The molecule has 31 heavy (non-hydrogen) atoms. The summed E-state index contributed by atoms with van der Waals surface area (Å²) in [7, 11) is 0. The number of unbranched alkanes of at least 4 members (excludes halogenated alkanes) is 2. The van der Waals surface area contributed by atoms with Gasteiger partial charge in [0.1, 0.15) is 16.7 Å². The normalized spacial score (nSPS) is 18.5. The first-order valence-electron chi connectivity index (χ1n) is 9.75. The zero-order valence-corrected chi connectivity index (χ0v) is 16.7. The summed E-state index contributed by atoms with van der Waals surface area (Å²) in [6.45, 7) is 0.809. The summed E-state index contributed by atoms with van der Waals surface area (Å²) in [6.07, 6.45) is 2.65. The van der Waals surface area contributed by atoms with Gasteiger partial charge in [0, 0.05) is 37.3 Å². The summed E-state index contributed by atoms with van der Waals surface area (Å²) in [5, 5.41) is 23.0. The number of hydrogen-bond acceptors (Lipinski definition) is 5. The predicted octanol–water partition coefficient (Wildman–Crippen LogP) is 0.406. The Morgan fingerprint density at radius 1 is 1.23 bits per heavy atom. The van der Waals surface area contributed by atoms with Crippen LogP contribution in [0.3, 0.4) is 0 Å². The van der Waals surface area contributed by atoms with Crippen molar-refractivity contribution in [1.82, 2.24) is 16.0 Å². The molecule has 0 aliphatic carbocycles. The molecule has 2 unspecified atom stereocenters. The molecular weight excluding hydrogens is 416 g/mol.